The molecule has 1 unspecified atom stereocenters. The zero-order chi connectivity index (χ0) is 39.5. The average Bonchev–Trinajstić information content (AvgIpc) is 3.06. The first-order chi connectivity index (χ1) is 24.3. The van der Waals surface area contributed by atoms with E-state index in [-0.39, 0.29) is 74.8 Å². The van der Waals surface area contributed by atoms with Gasteiger partial charge in [-0.25, -0.2) is 9.59 Å². The number of esters is 5. The Hall–Kier alpha value is -5.08. The summed E-state index contributed by atoms with van der Waals surface area (Å²) in [6.45, 7) is 6.58. The van der Waals surface area contributed by atoms with Gasteiger partial charge in [0.25, 0.3) is 0 Å². The summed E-state index contributed by atoms with van der Waals surface area (Å²) in [5, 5.41) is 0. The van der Waals surface area contributed by atoms with Crippen molar-refractivity contribution in [1.82, 2.24) is 0 Å². The van der Waals surface area contributed by atoms with Gasteiger partial charge in [0, 0.05) is 11.8 Å². The molecule has 1 rings (SSSR count). The van der Waals surface area contributed by atoms with Gasteiger partial charge in [-0.15, -0.1) is 0 Å². The zero-order valence-corrected chi connectivity index (χ0v) is 30.6. The lowest BCUT2D eigenvalue weighted by Gasteiger charge is -2.31. The summed E-state index contributed by atoms with van der Waals surface area (Å²) in [6, 6.07) is 5.38. The molecule has 0 N–H and O–H groups in total. The maximum atomic E-state index is 13.2. The van der Waals surface area contributed by atoms with E-state index in [1.807, 2.05) is 0 Å². The second-order valence-electron chi connectivity index (χ2n) is 13.0. The third kappa shape index (κ3) is 17.2. The molecule has 0 bridgehead atoms. The molecule has 0 spiro atoms. The van der Waals surface area contributed by atoms with Crippen LogP contribution >= 0.6 is 0 Å². The van der Waals surface area contributed by atoms with Crippen molar-refractivity contribution < 1.29 is 71.6 Å². The minimum absolute atomic E-state index is 0.0428. The maximum absolute atomic E-state index is 13.2. The van der Waals surface area contributed by atoms with Crippen LogP contribution < -0.4 is 0 Å². The molecule has 52 heavy (non-hydrogen) atoms. The Morgan fingerprint density at radius 1 is 0.500 bits per heavy atom. The smallest absolute Gasteiger partial charge is 0.338 e. The van der Waals surface area contributed by atoms with E-state index >= 15 is 0 Å². The lowest BCUT2D eigenvalue weighted by Crippen LogP contribution is -2.39. The Morgan fingerprint density at radius 3 is 1.21 bits per heavy atom. The Bertz CT molecular complexity index is 1330. The minimum Gasteiger partial charge on any atom is -0.465 e. The number of hydrogen-bond donors (Lipinski definition) is 0. The van der Waals surface area contributed by atoms with Crippen molar-refractivity contribution in [3.05, 3.63) is 35.4 Å². The predicted octanol–water partition coefficient (Wildman–Crippen LogP) is 3.69. The van der Waals surface area contributed by atoms with Crippen molar-refractivity contribution in [2.45, 2.75) is 92.9 Å². The van der Waals surface area contributed by atoms with Crippen LogP contribution in [0.2, 0.25) is 0 Å². The van der Waals surface area contributed by atoms with E-state index in [2.05, 4.69) is 0 Å². The molecule has 0 aliphatic carbocycles. The maximum Gasteiger partial charge on any atom is 0.338 e. The van der Waals surface area contributed by atoms with Crippen molar-refractivity contribution in [2.24, 2.45) is 10.8 Å². The van der Waals surface area contributed by atoms with E-state index in [9.17, 15) is 47.9 Å². The molecule has 1 aromatic rings. The van der Waals surface area contributed by atoms with Crippen molar-refractivity contribution in [3.63, 3.8) is 0 Å². The van der Waals surface area contributed by atoms with Gasteiger partial charge in [-0.2, -0.15) is 0 Å². The van der Waals surface area contributed by atoms with E-state index in [4.69, 9.17) is 23.7 Å². The quantitative estimate of drug-likeness (QED) is 0.0796. The summed E-state index contributed by atoms with van der Waals surface area (Å²) in [6.07, 6.45) is -1.19. The Labute approximate surface area is 302 Å². The van der Waals surface area contributed by atoms with E-state index in [1.54, 1.807) is 13.8 Å². The lowest BCUT2D eigenvalue weighted by molar-refractivity contribution is -0.158. The molecular weight excluding hydrogens is 684 g/mol. The monoisotopic (exact) mass is 732 g/mol. The van der Waals surface area contributed by atoms with Crippen LogP contribution in [0.15, 0.2) is 24.3 Å². The van der Waals surface area contributed by atoms with Crippen LogP contribution in [0.25, 0.3) is 0 Å². The van der Waals surface area contributed by atoms with Gasteiger partial charge in [0.05, 0.1) is 23.0 Å². The minimum atomic E-state index is -1.24. The van der Waals surface area contributed by atoms with Crippen LogP contribution in [0.4, 0.5) is 0 Å². The highest BCUT2D eigenvalue weighted by Gasteiger charge is 2.36. The molecule has 0 aliphatic rings. The second-order valence-corrected chi connectivity index (χ2v) is 13.0. The van der Waals surface area contributed by atoms with E-state index in [1.165, 1.54) is 52.0 Å². The van der Waals surface area contributed by atoms with Gasteiger partial charge in [0.15, 0.2) is 0 Å². The van der Waals surface area contributed by atoms with Gasteiger partial charge in [-0.3, -0.25) is 38.4 Å². The topological polar surface area (TPSA) is 217 Å². The Morgan fingerprint density at radius 2 is 0.846 bits per heavy atom. The number of Topliss-reactive ketones (excluding diaryl/α,β-unsaturated/α-hetero) is 5. The molecule has 0 saturated carbocycles. The third-order valence-electron chi connectivity index (χ3n) is 8.03. The van der Waals surface area contributed by atoms with Gasteiger partial charge in [-0.05, 0) is 65.2 Å². The zero-order valence-electron chi connectivity index (χ0n) is 30.6. The van der Waals surface area contributed by atoms with Crippen LogP contribution in [0.3, 0.4) is 0 Å². The van der Waals surface area contributed by atoms with Crippen molar-refractivity contribution in [2.75, 3.05) is 33.0 Å². The number of carbonyl (C=O) groups excluding carboxylic acids is 10. The van der Waals surface area contributed by atoms with Gasteiger partial charge in [0.1, 0.15) is 81.2 Å². The fraction of sp³-hybridized carbons (Fsp3) is 0.568. The summed E-state index contributed by atoms with van der Waals surface area (Å²) >= 11 is 0. The summed E-state index contributed by atoms with van der Waals surface area (Å²) in [5.41, 5.74) is -2.37. The molecule has 0 fully saturated rings. The molecule has 15 nitrogen and oxygen atoms in total. The average molecular weight is 733 g/mol. The lowest BCUT2D eigenvalue weighted by atomic mass is 9.81. The number of rotatable bonds is 25. The molecule has 0 amide bonds. The van der Waals surface area contributed by atoms with Gasteiger partial charge in [0.2, 0.25) is 0 Å². The van der Waals surface area contributed by atoms with Gasteiger partial charge < -0.3 is 23.7 Å². The molecule has 0 saturated heterocycles. The van der Waals surface area contributed by atoms with Crippen molar-refractivity contribution in [1.29, 1.82) is 0 Å². The first-order valence-electron chi connectivity index (χ1n) is 16.8. The summed E-state index contributed by atoms with van der Waals surface area (Å²) in [7, 11) is 0. The normalized spacial score (nSPS) is 12.0. The molecule has 0 radical (unpaired) electrons. The standard InChI is InChI=1S/C37H48O15/c1-7-36(13-12-30(42)14-24(3)38,19-48-31(43)15-25(4)39)20-51-34(46)28-10-9-11-29(18-28)35(47)52-23-37(8-2,21-49-32(44)16-26(5)40)22-50-33(45)17-27(6)41/h9-11,18H,7-8,12-17,19-23H2,1-6H3. The largest absolute Gasteiger partial charge is 0.465 e. The Kier molecular flexibility index (Phi) is 19.0. The third-order valence-corrected chi connectivity index (χ3v) is 8.03. The number of hydrogen-bond acceptors (Lipinski definition) is 15. The van der Waals surface area contributed by atoms with Gasteiger partial charge >= 0.3 is 29.8 Å². The molecule has 1 aromatic carbocycles. The molecule has 0 aromatic heterocycles. The van der Waals surface area contributed by atoms with Crippen molar-refractivity contribution >= 4 is 58.8 Å². The number of ether oxygens (including phenoxy) is 5. The molecule has 0 aliphatic heterocycles. The Balaban J connectivity index is 3.14. The molecule has 0 heterocycles. The van der Waals surface area contributed by atoms with E-state index in [0.717, 1.165) is 0 Å². The van der Waals surface area contributed by atoms with E-state index in [0.29, 0.717) is 6.42 Å². The van der Waals surface area contributed by atoms with Crippen molar-refractivity contribution in [3.8, 4) is 0 Å². The fourth-order valence-electron chi connectivity index (χ4n) is 4.61. The van der Waals surface area contributed by atoms with Crippen LogP contribution in [0.1, 0.15) is 114 Å². The summed E-state index contributed by atoms with van der Waals surface area (Å²) in [4.78, 5) is 120. The van der Waals surface area contributed by atoms with Crippen LogP contribution in [-0.2, 0) is 62.0 Å². The highest BCUT2D eigenvalue weighted by molar-refractivity contribution is 5.98. The van der Waals surface area contributed by atoms with Crippen LogP contribution in [0, 0.1) is 10.8 Å². The van der Waals surface area contributed by atoms with E-state index < -0.39 is 83.9 Å². The summed E-state index contributed by atoms with van der Waals surface area (Å²) < 4.78 is 26.8. The predicted molar refractivity (Wildman–Crippen MR) is 181 cm³/mol. The SMILES string of the molecule is CCC(CCC(=O)CC(C)=O)(COC(=O)CC(C)=O)COC(=O)c1cccc(C(=O)OCC(CC)(COC(=O)CC(C)=O)COC(=O)CC(C)=O)c1. The fourth-order valence-corrected chi connectivity index (χ4v) is 4.61. The number of benzene rings is 1. The number of carbonyl (C=O) groups is 10. The molecule has 1 atom stereocenters. The summed E-state index contributed by atoms with van der Waals surface area (Å²) in [5.74, 6) is -6.11. The molecule has 286 valence electrons. The highest BCUT2D eigenvalue weighted by atomic mass is 16.6. The number of ketones is 5. The molecule has 15 heteroatoms. The van der Waals surface area contributed by atoms with Crippen LogP contribution in [-0.4, -0.2) is 91.8 Å². The molecular formula is C37H48O15. The van der Waals surface area contributed by atoms with Crippen LogP contribution in [0.5, 0.6) is 0 Å². The van der Waals surface area contributed by atoms with Gasteiger partial charge in [-0.1, -0.05) is 19.9 Å². The second kappa shape index (κ2) is 22.0. The first kappa shape index (κ1) is 44.9. The first-order valence-corrected chi connectivity index (χ1v) is 16.8. The highest BCUT2D eigenvalue weighted by Crippen LogP contribution is 2.31.